The number of benzene rings is 3. The summed E-state index contributed by atoms with van der Waals surface area (Å²) < 4.78 is 44.7. The summed E-state index contributed by atoms with van der Waals surface area (Å²) in [5, 5.41) is 2.72. The minimum atomic E-state index is -3.95. The highest BCUT2D eigenvalue weighted by molar-refractivity contribution is 7.92. The van der Waals surface area contributed by atoms with Gasteiger partial charge in [0.15, 0.2) is 11.5 Å². The van der Waals surface area contributed by atoms with E-state index in [1.807, 2.05) is 19.1 Å². The normalized spacial score (nSPS) is 12.7. The topological polar surface area (TPSA) is 103 Å². The fourth-order valence-corrected chi connectivity index (χ4v) is 4.25. The third kappa shape index (κ3) is 4.62. The van der Waals surface area contributed by atoms with Crippen molar-refractivity contribution in [2.45, 2.75) is 11.8 Å². The zero-order valence-electron chi connectivity index (χ0n) is 17.5. The Morgan fingerprint density at radius 1 is 0.938 bits per heavy atom. The summed E-state index contributed by atoms with van der Waals surface area (Å²) in [4.78, 5) is 12.6. The van der Waals surface area contributed by atoms with E-state index in [1.165, 1.54) is 25.3 Å². The Bertz CT molecular complexity index is 1260. The number of carbonyl (C=O) groups is 1. The van der Waals surface area contributed by atoms with Crippen LogP contribution in [0.1, 0.15) is 15.9 Å². The molecule has 0 unspecified atom stereocenters. The number of carbonyl (C=O) groups excluding carboxylic acids is 1. The van der Waals surface area contributed by atoms with E-state index in [2.05, 4.69) is 10.0 Å². The van der Waals surface area contributed by atoms with E-state index < -0.39 is 10.0 Å². The number of nitrogens with one attached hydrogen (secondary N) is 2. The van der Waals surface area contributed by atoms with E-state index in [9.17, 15) is 13.2 Å². The van der Waals surface area contributed by atoms with E-state index >= 15 is 0 Å². The van der Waals surface area contributed by atoms with Crippen molar-refractivity contribution in [1.29, 1.82) is 0 Å². The van der Waals surface area contributed by atoms with Crippen molar-refractivity contribution >= 4 is 27.3 Å². The molecule has 1 aliphatic rings. The minimum Gasteiger partial charge on any atom is -0.495 e. The van der Waals surface area contributed by atoms with Crippen LogP contribution in [0.5, 0.6) is 17.2 Å². The molecule has 0 fully saturated rings. The first-order valence-corrected chi connectivity index (χ1v) is 11.3. The Morgan fingerprint density at radius 2 is 1.66 bits per heavy atom. The van der Waals surface area contributed by atoms with E-state index in [4.69, 9.17) is 14.2 Å². The molecular weight excluding hydrogens is 432 g/mol. The lowest BCUT2D eigenvalue weighted by Gasteiger charge is -2.19. The van der Waals surface area contributed by atoms with Gasteiger partial charge in [0.05, 0.1) is 23.4 Å². The van der Waals surface area contributed by atoms with Gasteiger partial charge in [-0.05, 0) is 49.4 Å². The van der Waals surface area contributed by atoms with Gasteiger partial charge in [-0.25, -0.2) is 8.42 Å². The highest BCUT2D eigenvalue weighted by Gasteiger charge is 2.20. The number of methoxy groups -OCH3 is 1. The molecular formula is C23H22N2O6S. The maximum Gasteiger partial charge on any atom is 0.261 e. The Balaban J connectivity index is 1.59. The summed E-state index contributed by atoms with van der Waals surface area (Å²) in [6, 6.07) is 16.1. The average Bonchev–Trinajstić information content (AvgIpc) is 2.79. The van der Waals surface area contributed by atoms with Crippen molar-refractivity contribution in [3.05, 3.63) is 71.8 Å². The summed E-state index contributed by atoms with van der Waals surface area (Å²) in [6.07, 6.45) is 0. The molecule has 0 saturated heterocycles. The molecule has 0 atom stereocenters. The quantitative estimate of drug-likeness (QED) is 0.587. The summed E-state index contributed by atoms with van der Waals surface area (Å²) in [5.74, 6) is 0.989. The van der Waals surface area contributed by atoms with Gasteiger partial charge < -0.3 is 19.5 Å². The third-order valence-electron chi connectivity index (χ3n) is 4.84. The molecule has 3 aromatic rings. The molecule has 8 nitrogen and oxygen atoms in total. The molecule has 0 aliphatic carbocycles. The second kappa shape index (κ2) is 8.80. The van der Waals surface area contributed by atoms with Crippen LogP contribution < -0.4 is 24.2 Å². The molecule has 2 N–H and O–H groups in total. The second-order valence-electron chi connectivity index (χ2n) is 7.15. The van der Waals surface area contributed by atoms with E-state index in [-0.39, 0.29) is 16.5 Å². The molecule has 0 spiro atoms. The lowest BCUT2D eigenvalue weighted by molar-refractivity contribution is 0.102. The van der Waals surface area contributed by atoms with Crippen LogP contribution in [-0.2, 0) is 10.0 Å². The maximum absolute atomic E-state index is 13.0. The molecule has 1 heterocycles. The Hall–Kier alpha value is -3.72. The van der Waals surface area contributed by atoms with Gasteiger partial charge in [-0.1, -0.05) is 17.7 Å². The number of hydrogen-bond donors (Lipinski definition) is 2. The van der Waals surface area contributed by atoms with Gasteiger partial charge in [0.1, 0.15) is 19.0 Å². The molecule has 0 aromatic heterocycles. The average molecular weight is 455 g/mol. The minimum absolute atomic E-state index is 0.0348. The predicted octanol–water partition coefficient (Wildman–Crippen LogP) is 3.83. The Labute approximate surface area is 186 Å². The predicted molar refractivity (Wildman–Crippen MR) is 120 cm³/mol. The van der Waals surface area contributed by atoms with Gasteiger partial charge in [-0.15, -0.1) is 0 Å². The first-order valence-electron chi connectivity index (χ1n) is 9.84. The largest absolute Gasteiger partial charge is 0.495 e. The van der Waals surface area contributed by atoms with Crippen LogP contribution in [0.3, 0.4) is 0 Å². The molecule has 166 valence electrons. The molecule has 4 rings (SSSR count). The zero-order chi connectivity index (χ0) is 22.7. The van der Waals surface area contributed by atoms with Crippen LogP contribution in [0.15, 0.2) is 65.6 Å². The fraction of sp³-hybridized carbons (Fsp3) is 0.174. The van der Waals surface area contributed by atoms with Crippen LogP contribution in [0.25, 0.3) is 0 Å². The summed E-state index contributed by atoms with van der Waals surface area (Å²) >= 11 is 0. The van der Waals surface area contributed by atoms with Gasteiger partial charge in [0, 0.05) is 11.6 Å². The van der Waals surface area contributed by atoms with Crippen LogP contribution in [0.2, 0.25) is 0 Å². The SMILES string of the molecule is COc1ccc(S(=O)(=O)Nc2ccc3c(c2)OCCO3)cc1NC(=O)c1ccc(C)cc1. The number of rotatable bonds is 6. The Morgan fingerprint density at radius 3 is 2.38 bits per heavy atom. The lowest BCUT2D eigenvalue weighted by atomic mass is 10.1. The molecule has 0 bridgehead atoms. The summed E-state index contributed by atoms with van der Waals surface area (Å²) in [7, 11) is -2.50. The number of amides is 1. The molecule has 9 heteroatoms. The van der Waals surface area contributed by atoms with Crippen molar-refractivity contribution in [2.24, 2.45) is 0 Å². The zero-order valence-corrected chi connectivity index (χ0v) is 18.4. The van der Waals surface area contributed by atoms with Crippen molar-refractivity contribution in [3.8, 4) is 17.2 Å². The highest BCUT2D eigenvalue weighted by Crippen LogP contribution is 2.34. The lowest BCUT2D eigenvalue weighted by Crippen LogP contribution is -2.17. The third-order valence-corrected chi connectivity index (χ3v) is 6.22. The Kier molecular flexibility index (Phi) is 5.91. The fourth-order valence-electron chi connectivity index (χ4n) is 3.17. The van der Waals surface area contributed by atoms with Crippen molar-refractivity contribution in [2.75, 3.05) is 30.4 Å². The molecule has 1 aliphatic heterocycles. The van der Waals surface area contributed by atoms with Crippen LogP contribution in [-0.4, -0.2) is 34.6 Å². The first kappa shape index (κ1) is 21.5. The molecule has 1 amide bonds. The molecule has 0 saturated carbocycles. The number of sulfonamides is 1. The van der Waals surface area contributed by atoms with Crippen LogP contribution in [0, 0.1) is 6.92 Å². The second-order valence-corrected chi connectivity index (χ2v) is 8.83. The van der Waals surface area contributed by atoms with E-state index in [0.717, 1.165) is 5.56 Å². The van der Waals surface area contributed by atoms with Crippen molar-refractivity contribution in [3.63, 3.8) is 0 Å². The van der Waals surface area contributed by atoms with Gasteiger partial charge in [0.2, 0.25) is 0 Å². The van der Waals surface area contributed by atoms with Gasteiger partial charge in [-0.2, -0.15) is 0 Å². The van der Waals surface area contributed by atoms with E-state index in [1.54, 1.807) is 30.3 Å². The number of ether oxygens (including phenoxy) is 3. The molecule has 0 radical (unpaired) electrons. The monoisotopic (exact) mass is 454 g/mol. The summed E-state index contributed by atoms with van der Waals surface area (Å²) in [5.41, 5.74) is 2.04. The summed E-state index contributed by atoms with van der Waals surface area (Å²) in [6.45, 7) is 2.76. The van der Waals surface area contributed by atoms with Crippen molar-refractivity contribution < 1.29 is 27.4 Å². The van der Waals surface area contributed by atoms with Crippen LogP contribution in [0.4, 0.5) is 11.4 Å². The number of hydrogen-bond acceptors (Lipinski definition) is 6. The standard InChI is InChI=1S/C23H22N2O6S/c1-15-3-5-16(6-4-15)23(26)24-19-14-18(8-10-20(19)29-2)32(27,28)25-17-7-9-21-22(13-17)31-12-11-30-21/h3-10,13-14,25H,11-12H2,1-2H3,(H,24,26). The number of fused-ring (bicyclic) bond motifs is 1. The van der Waals surface area contributed by atoms with Gasteiger partial charge in [0.25, 0.3) is 15.9 Å². The highest BCUT2D eigenvalue weighted by atomic mass is 32.2. The van der Waals surface area contributed by atoms with Crippen molar-refractivity contribution in [1.82, 2.24) is 0 Å². The van der Waals surface area contributed by atoms with Crippen LogP contribution >= 0.6 is 0 Å². The van der Waals surface area contributed by atoms with E-state index in [0.29, 0.717) is 41.7 Å². The molecule has 3 aromatic carbocycles. The van der Waals surface area contributed by atoms with Gasteiger partial charge in [-0.3, -0.25) is 9.52 Å². The maximum atomic E-state index is 13.0. The number of aryl methyl sites for hydroxylation is 1. The smallest absolute Gasteiger partial charge is 0.261 e. The molecule has 32 heavy (non-hydrogen) atoms. The van der Waals surface area contributed by atoms with Gasteiger partial charge >= 0.3 is 0 Å². The number of anilines is 2. The first-order chi connectivity index (χ1) is 15.4.